The average Bonchev–Trinajstić information content (AvgIpc) is 2.70. The number of ketones is 1. The molecule has 0 saturated carbocycles. The number of H-pyrrole nitrogens is 1. The van der Waals surface area contributed by atoms with Crippen molar-refractivity contribution in [3.63, 3.8) is 0 Å². The van der Waals surface area contributed by atoms with E-state index in [2.05, 4.69) is 16.9 Å². The number of nitrogens with zero attached hydrogens (tertiary/aromatic N) is 1. The lowest BCUT2D eigenvalue weighted by atomic mass is 10.1. The number of halogens is 1. The van der Waals surface area contributed by atoms with Crippen molar-refractivity contribution in [1.82, 2.24) is 9.97 Å². The van der Waals surface area contributed by atoms with E-state index in [4.69, 9.17) is 0 Å². The Labute approximate surface area is 113 Å². The molecule has 1 aromatic heterocycles. The van der Waals surface area contributed by atoms with Gasteiger partial charge in [0.25, 0.3) is 0 Å². The monoisotopic (exact) mass is 264 g/mol. The predicted molar refractivity (Wildman–Crippen MR) is 74.4 cm³/mol. The molecule has 1 aromatic carbocycles. The summed E-state index contributed by atoms with van der Waals surface area (Å²) in [5.74, 6) is 0.857. The molecule has 18 heavy (non-hydrogen) atoms. The summed E-state index contributed by atoms with van der Waals surface area (Å²) in [5, 5.41) is 0. The van der Waals surface area contributed by atoms with Crippen LogP contribution in [0, 0.1) is 6.92 Å². The molecule has 0 saturated heterocycles. The molecule has 0 spiro atoms. The molecule has 4 heteroatoms. The summed E-state index contributed by atoms with van der Waals surface area (Å²) in [7, 11) is 0. The SMILES string of the molecule is CCc1nc(CC(=O)c2ccccc2)[nH]c1C.Cl. The Bertz CT molecular complexity index is 520. The van der Waals surface area contributed by atoms with Crippen molar-refractivity contribution in [3.8, 4) is 0 Å². The van der Waals surface area contributed by atoms with Gasteiger partial charge in [-0.1, -0.05) is 37.3 Å². The first-order chi connectivity index (χ1) is 8.20. The van der Waals surface area contributed by atoms with Gasteiger partial charge < -0.3 is 4.98 Å². The quantitative estimate of drug-likeness (QED) is 0.863. The second-order valence-electron chi connectivity index (χ2n) is 4.07. The molecule has 0 aliphatic heterocycles. The van der Waals surface area contributed by atoms with Crippen molar-refractivity contribution in [3.05, 3.63) is 53.1 Å². The lowest BCUT2D eigenvalue weighted by molar-refractivity contribution is 0.0991. The van der Waals surface area contributed by atoms with Crippen LogP contribution < -0.4 is 0 Å². The lowest BCUT2D eigenvalue weighted by Crippen LogP contribution is -2.04. The summed E-state index contributed by atoms with van der Waals surface area (Å²) in [5.41, 5.74) is 2.84. The maximum absolute atomic E-state index is 12.0. The summed E-state index contributed by atoms with van der Waals surface area (Å²) in [6.07, 6.45) is 1.23. The molecular formula is C14H17ClN2O. The molecule has 3 nitrogen and oxygen atoms in total. The van der Waals surface area contributed by atoms with E-state index >= 15 is 0 Å². The van der Waals surface area contributed by atoms with Gasteiger partial charge in [-0.3, -0.25) is 4.79 Å². The van der Waals surface area contributed by atoms with Gasteiger partial charge in [-0.2, -0.15) is 0 Å². The number of rotatable bonds is 4. The number of aromatic nitrogens is 2. The Morgan fingerprint density at radius 2 is 1.94 bits per heavy atom. The summed E-state index contributed by atoms with van der Waals surface area (Å²) in [6.45, 7) is 4.05. The van der Waals surface area contributed by atoms with Crippen LogP contribution in [-0.4, -0.2) is 15.8 Å². The second kappa shape index (κ2) is 6.36. The zero-order valence-corrected chi connectivity index (χ0v) is 11.4. The van der Waals surface area contributed by atoms with Crippen LogP contribution in [0.2, 0.25) is 0 Å². The standard InChI is InChI=1S/C14H16N2O.ClH/c1-3-12-10(2)15-14(16-12)9-13(17)11-7-5-4-6-8-11;/h4-8H,3,9H2,1-2H3,(H,15,16);1H. The van der Waals surface area contributed by atoms with Crippen molar-refractivity contribution in [1.29, 1.82) is 0 Å². The van der Waals surface area contributed by atoms with E-state index in [1.54, 1.807) is 0 Å². The van der Waals surface area contributed by atoms with Crippen LogP contribution in [0.3, 0.4) is 0 Å². The average molecular weight is 265 g/mol. The highest BCUT2D eigenvalue weighted by Crippen LogP contribution is 2.09. The molecule has 0 aliphatic rings. The number of benzene rings is 1. The van der Waals surface area contributed by atoms with Gasteiger partial charge in [-0.15, -0.1) is 12.4 Å². The molecular weight excluding hydrogens is 248 g/mol. The Kier molecular flexibility index (Phi) is 5.10. The zero-order chi connectivity index (χ0) is 12.3. The van der Waals surface area contributed by atoms with E-state index in [1.165, 1.54) is 0 Å². The third-order valence-electron chi connectivity index (χ3n) is 2.79. The smallest absolute Gasteiger partial charge is 0.170 e. The van der Waals surface area contributed by atoms with E-state index in [0.717, 1.165) is 29.2 Å². The van der Waals surface area contributed by atoms with Crippen molar-refractivity contribution >= 4 is 18.2 Å². The Morgan fingerprint density at radius 1 is 1.28 bits per heavy atom. The van der Waals surface area contributed by atoms with E-state index in [-0.39, 0.29) is 18.2 Å². The molecule has 0 unspecified atom stereocenters. The number of imidazole rings is 1. The minimum Gasteiger partial charge on any atom is -0.345 e. The van der Waals surface area contributed by atoms with Gasteiger partial charge in [0.1, 0.15) is 5.82 Å². The molecule has 2 rings (SSSR count). The number of hydrogen-bond acceptors (Lipinski definition) is 2. The summed E-state index contributed by atoms with van der Waals surface area (Å²) in [4.78, 5) is 19.5. The Balaban J connectivity index is 0.00000162. The third kappa shape index (κ3) is 3.20. The topological polar surface area (TPSA) is 45.8 Å². The van der Waals surface area contributed by atoms with Gasteiger partial charge in [0, 0.05) is 11.3 Å². The number of aryl methyl sites for hydroxylation is 2. The summed E-state index contributed by atoms with van der Waals surface area (Å²) < 4.78 is 0. The van der Waals surface area contributed by atoms with Gasteiger partial charge in [-0.25, -0.2) is 4.98 Å². The van der Waals surface area contributed by atoms with Crippen LogP contribution in [0.25, 0.3) is 0 Å². The largest absolute Gasteiger partial charge is 0.345 e. The van der Waals surface area contributed by atoms with Crippen molar-refractivity contribution in [2.24, 2.45) is 0 Å². The maximum Gasteiger partial charge on any atom is 0.170 e. The maximum atomic E-state index is 12.0. The van der Waals surface area contributed by atoms with Gasteiger partial charge >= 0.3 is 0 Å². The normalized spacial score (nSPS) is 9.89. The minimum absolute atomic E-state index is 0. The summed E-state index contributed by atoms with van der Waals surface area (Å²) >= 11 is 0. The highest BCUT2D eigenvalue weighted by atomic mass is 35.5. The van der Waals surface area contributed by atoms with Crippen molar-refractivity contribution in [2.45, 2.75) is 26.7 Å². The van der Waals surface area contributed by atoms with Gasteiger partial charge in [0.2, 0.25) is 0 Å². The number of Topliss-reactive ketones (excluding diaryl/α,β-unsaturated/α-hetero) is 1. The van der Waals surface area contributed by atoms with Crippen LogP contribution in [0.4, 0.5) is 0 Å². The molecule has 0 bridgehead atoms. The minimum atomic E-state index is 0. The molecule has 1 N–H and O–H groups in total. The number of aromatic amines is 1. The molecule has 0 aliphatic carbocycles. The van der Waals surface area contributed by atoms with Crippen molar-refractivity contribution < 1.29 is 4.79 Å². The molecule has 1 heterocycles. The third-order valence-corrected chi connectivity index (χ3v) is 2.79. The van der Waals surface area contributed by atoms with Crippen molar-refractivity contribution in [2.75, 3.05) is 0 Å². The molecule has 0 amide bonds. The molecule has 2 aromatic rings. The fraction of sp³-hybridized carbons (Fsp3) is 0.286. The fourth-order valence-corrected chi connectivity index (χ4v) is 1.87. The first-order valence-electron chi connectivity index (χ1n) is 5.83. The molecule has 0 radical (unpaired) electrons. The van der Waals surface area contributed by atoms with Crippen LogP contribution in [-0.2, 0) is 12.8 Å². The van der Waals surface area contributed by atoms with E-state index < -0.39 is 0 Å². The lowest BCUT2D eigenvalue weighted by Gasteiger charge is -1.97. The number of hydrogen-bond donors (Lipinski definition) is 1. The first kappa shape index (κ1) is 14.5. The molecule has 0 fully saturated rings. The van der Waals surface area contributed by atoms with Crippen LogP contribution in [0.5, 0.6) is 0 Å². The van der Waals surface area contributed by atoms with Crippen LogP contribution >= 0.6 is 12.4 Å². The predicted octanol–water partition coefficient (Wildman–Crippen LogP) is 3.13. The van der Waals surface area contributed by atoms with Gasteiger partial charge in [0.05, 0.1) is 12.1 Å². The van der Waals surface area contributed by atoms with E-state index in [1.807, 2.05) is 37.3 Å². The highest BCUT2D eigenvalue weighted by molar-refractivity contribution is 5.97. The Morgan fingerprint density at radius 3 is 2.50 bits per heavy atom. The fourth-order valence-electron chi connectivity index (χ4n) is 1.87. The van der Waals surface area contributed by atoms with Crippen LogP contribution in [0.1, 0.15) is 34.5 Å². The zero-order valence-electron chi connectivity index (χ0n) is 10.6. The molecule has 96 valence electrons. The number of nitrogens with one attached hydrogen (secondary N) is 1. The van der Waals surface area contributed by atoms with Gasteiger partial charge in [0.15, 0.2) is 5.78 Å². The number of carbonyl (C=O) groups excluding carboxylic acids is 1. The number of carbonyl (C=O) groups is 1. The van der Waals surface area contributed by atoms with Crippen LogP contribution in [0.15, 0.2) is 30.3 Å². The Hall–Kier alpha value is -1.61. The van der Waals surface area contributed by atoms with Gasteiger partial charge in [-0.05, 0) is 13.3 Å². The van der Waals surface area contributed by atoms with E-state index in [0.29, 0.717) is 6.42 Å². The molecule has 0 atom stereocenters. The van der Waals surface area contributed by atoms with E-state index in [9.17, 15) is 4.79 Å². The first-order valence-corrected chi connectivity index (χ1v) is 5.83. The summed E-state index contributed by atoms with van der Waals surface area (Å²) in [6, 6.07) is 9.32. The second-order valence-corrected chi connectivity index (χ2v) is 4.07. The highest BCUT2D eigenvalue weighted by Gasteiger charge is 2.10.